The summed E-state index contributed by atoms with van der Waals surface area (Å²) in [6.45, 7) is 3.08. The fourth-order valence-corrected chi connectivity index (χ4v) is 2.46. The summed E-state index contributed by atoms with van der Waals surface area (Å²) in [6, 6.07) is 14.0. The number of anilines is 1. The minimum Gasteiger partial charge on any atom is -0.451 e. The Balaban J connectivity index is 1.63. The number of fused-ring (bicyclic) bond motifs is 1. The Morgan fingerprint density at radius 1 is 1.15 bits per heavy atom. The molecule has 1 amide bonds. The third-order valence-electron chi connectivity index (χ3n) is 3.86. The molecule has 1 heterocycles. The molecule has 26 heavy (non-hydrogen) atoms. The Morgan fingerprint density at radius 2 is 1.85 bits per heavy atom. The second kappa shape index (κ2) is 7.26. The van der Waals surface area contributed by atoms with E-state index in [4.69, 9.17) is 9.15 Å². The summed E-state index contributed by atoms with van der Waals surface area (Å²) >= 11 is 0. The predicted molar refractivity (Wildman–Crippen MR) is 95.8 cm³/mol. The second-order valence-corrected chi connectivity index (χ2v) is 5.91. The Kier molecular flexibility index (Phi) is 4.88. The number of hydrogen-bond acceptors (Lipinski definition) is 5. The number of aryl methyl sites for hydroxylation is 1. The number of nitrogens with zero attached hydrogens (tertiary/aromatic N) is 1. The van der Waals surface area contributed by atoms with Gasteiger partial charge in [-0.05, 0) is 38.1 Å². The van der Waals surface area contributed by atoms with Crippen molar-refractivity contribution in [3.05, 3.63) is 64.6 Å². The first-order valence-electron chi connectivity index (χ1n) is 8.09. The van der Waals surface area contributed by atoms with Crippen LogP contribution in [0.5, 0.6) is 0 Å². The van der Waals surface area contributed by atoms with E-state index in [9.17, 15) is 14.4 Å². The minimum atomic E-state index is -1.00. The third-order valence-corrected chi connectivity index (χ3v) is 3.86. The van der Waals surface area contributed by atoms with Gasteiger partial charge in [0.1, 0.15) is 6.54 Å². The molecule has 0 unspecified atom stereocenters. The second-order valence-electron chi connectivity index (χ2n) is 5.91. The van der Waals surface area contributed by atoms with Gasteiger partial charge >= 0.3 is 11.7 Å². The summed E-state index contributed by atoms with van der Waals surface area (Å²) in [5, 5.41) is 2.67. The van der Waals surface area contributed by atoms with E-state index in [1.807, 2.05) is 19.1 Å². The van der Waals surface area contributed by atoms with Crippen molar-refractivity contribution in [3.63, 3.8) is 0 Å². The molecule has 0 aliphatic carbocycles. The average Bonchev–Trinajstić information content (AvgIpc) is 2.92. The topological polar surface area (TPSA) is 90.5 Å². The van der Waals surface area contributed by atoms with E-state index in [2.05, 4.69) is 5.32 Å². The lowest BCUT2D eigenvalue weighted by Gasteiger charge is -2.13. The predicted octanol–water partition coefficient (Wildman–Crippen LogP) is 2.47. The van der Waals surface area contributed by atoms with Crippen LogP contribution in [0.3, 0.4) is 0 Å². The molecule has 0 fully saturated rings. The van der Waals surface area contributed by atoms with Crippen LogP contribution in [0.15, 0.2) is 57.7 Å². The lowest BCUT2D eigenvalue weighted by molar-refractivity contribution is -0.153. The Hall–Kier alpha value is -3.35. The van der Waals surface area contributed by atoms with Gasteiger partial charge in [-0.3, -0.25) is 14.2 Å². The molecule has 1 N–H and O–H groups in total. The highest BCUT2D eigenvalue weighted by atomic mass is 16.5. The normalized spacial score (nSPS) is 11.9. The molecule has 1 atom stereocenters. The molecule has 1 aromatic heterocycles. The van der Waals surface area contributed by atoms with Crippen LogP contribution in [-0.4, -0.2) is 22.5 Å². The SMILES string of the molecule is Cc1ccc(NC(=O)[C@@H](C)OC(=O)Cn2c(=O)oc3ccccc32)cc1. The monoisotopic (exact) mass is 354 g/mol. The third kappa shape index (κ3) is 3.83. The van der Waals surface area contributed by atoms with Gasteiger partial charge in [-0.1, -0.05) is 29.8 Å². The van der Waals surface area contributed by atoms with Gasteiger partial charge in [0.05, 0.1) is 5.52 Å². The number of rotatable bonds is 5. The van der Waals surface area contributed by atoms with Crippen LogP contribution in [0.2, 0.25) is 0 Å². The molecule has 0 saturated heterocycles. The van der Waals surface area contributed by atoms with Crippen LogP contribution in [0.1, 0.15) is 12.5 Å². The smallest absolute Gasteiger partial charge is 0.420 e. The molecule has 7 heteroatoms. The maximum atomic E-state index is 12.1. The van der Waals surface area contributed by atoms with E-state index in [1.165, 1.54) is 11.5 Å². The summed E-state index contributed by atoms with van der Waals surface area (Å²) in [4.78, 5) is 36.1. The molecular formula is C19H18N2O5. The highest BCUT2D eigenvalue weighted by molar-refractivity contribution is 5.95. The van der Waals surface area contributed by atoms with E-state index in [0.717, 1.165) is 5.56 Å². The number of carbonyl (C=O) groups excluding carboxylic acids is 2. The van der Waals surface area contributed by atoms with Crippen LogP contribution in [0.4, 0.5) is 5.69 Å². The van der Waals surface area contributed by atoms with Gasteiger partial charge in [0.2, 0.25) is 0 Å². The number of nitrogens with one attached hydrogen (secondary N) is 1. The Morgan fingerprint density at radius 3 is 2.58 bits per heavy atom. The fourth-order valence-electron chi connectivity index (χ4n) is 2.46. The first kappa shape index (κ1) is 17.5. The maximum Gasteiger partial charge on any atom is 0.420 e. The number of carbonyl (C=O) groups is 2. The van der Waals surface area contributed by atoms with Crippen molar-refractivity contribution in [1.82, 2.24) is 4.57 Å². The molecule has 0 spiro atoms. The summed E-state index contributed by atoms with van der Waals surface area (Å²) in [6.07, 6.45) is -1.00. The lowest BCUT2D eigenvalue weighted by Crippen LogP contribution is -2.32. The van der Waals surface area contributed by atoms with Crippen LogP contribution in [-0.2, 0) is 20.9 Å². The summed E-state index contributed by atoms with van der Waals surface area (Å²) in [5.74, 6) is -1.81. The standard InChI is InChI=1S/C19H18N2O5/c1-12-7-9-14(10-8-12)20-18(23)13(2)25-17(22)11-21-15-5-3-4-6-16(15)26-19(21)24/h3-10,13H,11H2,1-2H3,(H,20,23)/t13-/m1/s1. The van der Waals surface area contributed by atoms with Crippen LogP contribution in [0.25, 0.3) is 11.1 Å². The zero-order chi connectivity index (χ0) is 18.7. The summed E-state index contributed by atoms with van der Waals surface area (Å²) < 4.78 is 11.4. The van der Waals surface area contributed by atoms with E-state index in [-0.39, 0.29) is 6.54 Å². The molecule has 7 nitrogen and oxygen atoms in total. The quantitative estimate of drug-likeness (QED) is 0.711. The van der Waals surface area contributed by atoms with Gasteiger partial charge in [0.25, 0.3) is 5.91 Å². The number of esters is 1. The van der Waals surface area contributed by atoms with E-state index < -0.39 is 23.7 Å². The Labute approximate surface area is 149 Å². The van der Waals surface area contributed by atoms with Crippen LogP contribution >= 0.6 is 0 Å². The van der Waals surface area contributed by atoms with Crippen LogP contribution in [0, 0.1) is 6.92 Å². The maximum absolute atomic E-state index is 12.1. The van der Waals surface area contributed by atoms with Crippen molar-refractivity contribution in [2.24, 2.45) is 0 Å². The zero-order valence-electron chi connectivity index (χ0n) is 14.4. The van der Waals surface area contributed by atoms with Crippen molar-refractivity contribution in [3.8, 4) is 0 Å². The molecule has 0 aliphatic rings. The number of hydrogen-bond donors (Lipinski definition) is 1. The number of para-hydroxylation sites is 2. The van der Waals surface area contributed by atoms with Crippen molar-refractivity contribution in [2.45, 2.75) is 26.5 Å². The summed E-state index contributed by atoms with van der Waals surface area (Å²) in [5.41, 5.74) is 2.56. The van der Waals surface area contributed by atoms with Crippen molar-refractivity contribution >= 4 is 28.7 Å². The van der Waals surface area contributed by atoms with Crippen LogP contribution < -0.4 is 11.1 Å². The molecule has 0 saturated carbocycles. The molecule has 3 aromatic rings. The highest BCUT2D eigenvalue weighted by Crippen LogP contribution is 2.12. The zero-order valence-corrected chi connectivity index (χ0v) is 14.4. The average molecular weight is 354 g/mol. The number of oxazole rings is 1. The van der Waals surface area contributed by atoms with Gasteiger partial charge in [-0.15, -0.1) is 0 Å². The first-order valence-corrected chi connectivity index (χ1v) is 8.09. The molecule has 0 radical (unpaired) electrons. The number of amides is 1. The lowest BCUT2D eigenvalue weighted by atomic mass is 10.2. The van der Waals surface area contributed by atoms with Gasteiger partial charge in [0.15, 0.2) is 11.7 Å². The fraction of sp³-hybridized carbons (Fsp3) is 0.211. The molecule has 0 bridgehead atoms. The van der Waals surface area contributed by atoms with Crippen molar-refractivity contribution < 1.29 is 18.7 Å². The van der Waals surface area contributed by atoms with E-state index in [0.29, 0.717) is 16.8 Å². The largest absolute Gasteiger partial charge is 0.451 e. The highest BCUT2D eigenvalue weighted by Gasteiger charge is 2.20. The summed E-state index contributed by atoms with van der Waals surface area (Å²) in [7, 11) is 0. The van der Waals surface area contributed by atoms with Gasteiger partial charge < -0.3 is 14.5 Å². The van der Waals surface area contributed by atoms with Gasteiger partial charge in [0, 0.05) is 5.69 Å². The molecule has 2 aromatic carbocycles. The van der Waals surface area contributed by atoms with Gasteiger partial charge in [-0.25, -0.2) is 4.79 Å². The Bertz CT molecular complexity index is 1000. The minimum absolute atomic E-state index is 0.335. The molecule has 0 aliphatic heterocycles. The van der Waals surface area contributed by atoms with E-state index >= 15 is 0 Å². The number of benzene rings is 2. The molecular weight excluding hydrogens is 336 g/mol. The van der Waals surface area contributed by atoms with Crippen molar-refractivity contribution in [2.75, 3.05) is 5.32 Å². The van der Waals surface area contributed by atoms with E-state index in [1.54, 1.807) is 36.4 Å². The van der Waals surface area contributed by atoms with Gasteiger partial charge in [-0.2, -0.15) is 0 Å². The molecule has 134 valence electrons. The molecule has 3 rings (SSSR count). The number of ether oxygens (including phenoxy) is 1. The van der Waals surface area contributed by atoms with Crippen molar-refractivity contribution in [1.29, 1.82) is 0 Å². The first-order chi connectivity index (χ1) is 12.4. The number of aromatic nitrogens is 1.